The van der Waals surface area contributed by atoms with Gasteiger partial charge in [-0.2, -0.15) is 0 Å². The first kappa shape index (κ1) is 18.3. The third kappa shape index (κ3) is 4.97. The number of methoxy groups -OCH3 is 2. The second kappa shape index (κ2) is 8.73. The second-order valence-electron chi connectivity index (χ2n) is 5.42. The molecule has 0 heterocycles. The quantitative estimate of drug-likeness (QED) is 0.790. The molecular formula is C19H22N2O4. The number of hydrogen-bond acceptors (Lipinski definition) is 4. The molecule has 0 bridgehead atoms. The summed E-state index contributed by atoms with van der Waals surface area (Å²) in [6.07, 6.45) is 1.01. The van der Waals surface area contributed by atoms with Crippen LogP contribution in [0.5, 0.6) is 11.5 Å². The number of nitrogens with one attached hydrogen (secondary N) is 2. The van der Waals surface area contributed by atoms with Crippen LogP contribution in [0.4, 0.5) is 0 Å². The van der Waals surface area contributed by atoms with Crippen molar-refractivity contribution in [2.24, 2.45) is 0 Å². The average molecular weight is 342 g/mol. The zero-order valence-corrected chi connectivity index (χ0v) is 14.6. The summed E-state index contributed by atoms with van der Waals surface area (Å²) in [5.74, 6) is 0.456. The summed E-state index contributed by atoms with van der Waals surface area (Å²) in [6.45, 7) is 2.05. The first-order valence-electron chi connectivity index (χ1n) is 7.96. The van der Waals surface area contributed by atoms with Crippen LogP contribution in [-0.4, -0.2) is 26.0 Å². The zero-order chi connectivity index (χ0) is 18.2. The minimum absolute atomic E-state index is 0.107. The fourth-order valence-corrected chi connectivity index (χ4v) is 2.31. The molecule has 25 heavy (non-hydrogen) atoms. The Morgan fingerprint density at radius 3 is 2.12 bits per heavy atom. The molecule has 6 nitrogen and oxygen atoms in total. The van der Waals surface area contributed by atoms with Crippen LogP contribution in [-0.2, 0) is 17.6 Å². The van der Waals surface area contributed by atoms with Gasteiger partial charge in [-0.25, -0.2) is 0 Å². The predicted octanol–water partition coefficient (Wildman–Crippen LogP) is 2.27. The smallest absolute Gasteiger partial charge is 0.269 e. The first-order chi connectivity index (χ1) is 12.1. The molecule has 0 saturated carbocycles. The van der Waals surface area contributed by atoms with Crippen LogP contribution >= 0.6 is 0 Å². The van der Waals surface area contributed by atoms with E-state index in [0.29, 0.717) is 17.1 Å². The number of hydrazine groups is 1. The van der Waals surface area contributed by atoms with Gasteiger partial charge in [-0.1, -0.05) is 25.1 Å². The van der Waals surface area contributed by atoms with Crippen molar-refractivity contribution in [3.05, 3.63) is 59.2 Å². The number of rotatable bonds is 6. The number of carbonyl (C=O) groups is 2. The number of benzene rings is 2. The van der Waals surface area contributed by atoms with Gasteiger partial charge in [0.25, 0.3) is 5.91 Å². The van der Waals surface area contributed by atoms with Crippen LogP contribution in [0.2, 0.25) is 0 Å². The monoisotopic (exact) mass is 342 g/mol. The van der Waals surface area contributed by atoms with Crippen LogP contribution in [0.1, 0.15) is 28.4 Å². The standard InChI is InChI=1S/C19H22N2O4/c1-4-13-5-8-15(9-6-13)19(23)21-20-18(22)12-14-7-10-16(24-2)17(11-14)25-3/h5-11H,4,12H2,1-3H3,(H,20,22)(H,21,23). The highest BCUT2D eigenvalue weighted by molar-refractivity contribution is 5.95. The van der Waals surface area contributed by atoms with Gasteiger partial charge in [-0.3, -0.25) is 20.4 Å². The number of amides is 2. The van der Waals surface area contributed by atoms with Crippen molar-refractivity contribution in [1.29, 1.82) is 0 Å². The molecule has 2 amide bonds. The lowest BCUT2D eigenvalue weighted by Gasteiger charge is -2.10. The minimum Gasteiger partial charge on any atom is -0.493 e. The molecule has 2 N–H and O–H groups in total. The molecule has 0 radical (unpaired) electrons. The molecule has 0 atom stereocenters. The Morgan fingerprint density at radius 2 is 1.52 bits per heavy atom. The molecule has 2 aromatic rings. The molecule has 0 aliphatic rings. The van der Waals surface area contributed by atoms with Gasteiger partial charge < -0.3 is 9.47 Å². The van der Waals surface area contributed by atoms with E-state index in [-0.39, 0.29) is 18.2 Å². The van der Waals surface area contributed by atoms with E-state index in [2.05, 4.69) is 10.9 Å². The van der Waals surface area contributed by atoms with E-state index in [1.54, 1.807) is 37.4 Å². The minimum atomic E-state index is -0.358. The Bertz CT molecular complexity index is 742. The summed E-state index contributed by atoms with van der Waals surface area (Å²) < 4.78 is 10.4. The lowest BCUT2D eigenvalue weighted by molar-refractivity contribution is -0.121. The van der Waals surface area contributed by atoms with Gasteiger partial charge in [0.2, 0.25) is 5.91 Å². The van der Waals surface area contributed by atoms with Crippen LogP contribution < -0.4 is 20.3 Å². The highest BCUT2D eigenvalue weighted by Crippen LogP contribution is 2.27. The van der Waals surface area contributed by atoms with E-state index in [1.807, 2.05) is 19.1 Å². The van der Waals surface area contributed by atoms with Crippen molar-refractivity contribution in [2.45, 2.75) is 19.8 Å². The van der Waals surface area contributed by atoms with Gasteiger partial charge >= 0.3 is 0 Å². The molecule has 2 rings (SSSR count). The van der Waals surface area contributed by atoms with E-state index in [9.17, 15) is 9.59 Å². The zero-order valence-electron chi connectivity index (χ0n) is 14.6. The Balaban J connectivity index is 1.90. The Kier molecular flexibility index (Phi) is 6.39. The maximum Gasteiger partial charge on any atom is 0.269 e. The van der Waals surface area contributed by atoms with E-state index >= 15 is 0 Å². The molecule has 0 spiro atoms. The number of aryl methyl sites for hydroxylation is 1. The summed E-state index contributed by atoms with van der Waals surface area (Å²) in [4.78, 5) is 24.0. The summed E-state index contributed by atoms with van der Waals surface area (Å²) in [5, 5.41) is 0. The molecule has 0 unspecified atom stereocenters. The molecule has 2 aromatic carbocycles. The van der Waals surface area contributed by atoms with Crippen molar-refractivity contribution in [3.8, 4) is 11.5 Å². The molecule has 0 aliphatic carbocycles. The van der Waals surface area contributed by atoms with Gasteiger partial charge in [-0.05, 0) is 41.8 Å². The van der Waals surface area contributed by atoms with E-state index in [0.717, 1.165) is 17.5 Å². The normalized spacial score (nSPS) is 10.0. The average Bonchev–Trinajstić information content (AvgIpc) is 2.66. The maximum absolute atomic E-state index is 12.0. The Morgan fingerprint density at radius 1 is 0.880 bits per heavy atom. The first-order valence-corrected chi connectivity index (χ1v) is 7.96. The summed E-state index contributed by atoms with van der Waals surface area (Å²) in [6, 6.07) is 12.5. The maximum atomic E-state index is 12.0. The summed E-state index contributed by atoms with van der Waals surface area (Å²) in [7, 11) is 3.08. The molecule has 0 saturated heterocycles. The summed E-state index contributed by atoms with van der Waals surface area (Å²) in [5.41, 5.74) is 7.21. The molecule has 0 aromatic heterocycles. The lowest BCUT2D eigenvalue weighted by atomic mass is 10.1. The van der Waals surface area contributed by atoms with E-state index in [4.69, 9.17) is 9.47 Å². The Labute approximate surface area is 147 Å². The SMILES string of the molecule is CCc1ccc(C(=O)NNC(=O)Cc2ccc(OC)c(OC)c2)cc1. The molecule has 132 valence electrons. The number of carbonyl (C=O) groups excluding carboxylic acids is 2. The molecule has 0 fully saturated rings. The van der Waals surface area contributed by atoms with Crippen molar-refractivity contribution < 1.29 is 19.1 Å². The van der Waals surface area contributed by atoms with Gasteiger partial charge in [0.1, 0.15) is 0 Å². The van der Waals surface area contributed by atoms with Gasteiger partial charge in [-0.15, -0.1) is 0 Å². The van der Waals surface area contributed by atoms with E-state index < -0.39 is 0 Å². The number of hydrogen-bond donors (Lipinski definition) is 2. The van der Waals surface area contributed by atoms with Crippen LogP contribution in [0.25, 0.3) is 0 Å². The van der Waals surface area contributed by atoms with Crippen LogP contribution in [0.15, 0.2) is 42.5 Å². The topological polar surface area (TPSA) is 76.7 Å². The highest BCUT2D eigenvalue weighted by Gasteiger charge is 2.10. The fourth-order valence-electron chi connectivity index (χ4n) is 2.31. The van der Waals surface area contributed by atoms with Crippen molar-refractivity contribution in [3.63, 3.8) is 0 Å². The third-order valence-electron chi connectivity index (χ3n) is 3.75. The van der Waals surface area contributed by atoms with Crippen molar-refractivity contribution >= 4 is 11.8 Å². The Hall–Kier alpha value is -3.02. The molecule has 6 heteroatoms. The van der Waals surface area contributed by atoms with Crippen LogP contribution in [0, 0.1) is 0 Å². The summed E-state index contributed by atoms with van der Waals surface area (Å²) >= 11 is 0. The number of ether oxygens (including phenoxy) is 2. The largest absolute Gasteiger partial charge is 0.493 e. The molecular weight excluding hydrogens is 320 g/mol. The van der Waals surface area contributed by atoms with Crippen molar-refractivity contribution in [1.82, 2.24) is 10.9 Å². The van der Waals surface area contributed by atoms with Gasteiger partial charge in [0.15, 0.2) is 11.5 Å². The van der Waals surface area contributed by atoms with Gasteiger partial charge in [0, 0.05) is 5.56 Å². The predicted molar refractivity (Wildman–Crippen MR) is 94.7 cm³/mol. The highest BCUT2D eigenvalue weighted by atomic mass is 16.5. The van der Waals surface area contributed by atoms with E-state index in [1.165, 1.54) is 7.11 Å². The second-order valence-corrected chi connectivity index (χ2v) is 5.42. The lowest BCUT2D eigenvalue weighted by Crippen LogP contribution is -2.42. The molecule has 0 aliphatic heterocycles. The third-order valence-corrected chi connectivity index (χ3v) is 3.75. The fraction of sp³-hybridized carbons (Fsp3) is 0.263. The van der Waals surface area contributed by atoms with Crippen LogP contribution in [0.3, 0.4) is 0 Å². The van der Waals surface area contributed by atoms with Crippen molar-refractivity contribution in [2.75, 3.05) is 14.2 Å². The van der Waals surface area contributed by atoms with Gasteiger partial charge in [0.05, 0.1) is 20.6 Å².